The first-order valence-electron chi connectivity index (χ1n) is 5.69. The molecule has 0 amide bonds. The summed E-state index contributed by atoms with van der Waals surface area (Å²) < 4.78 is 0.857. The Hall–Kier alpha value is -0.930. The molecular formula is C14H17NS2. The maximum absolute atomic E-state index is 5.24. The predicted octanol–water partition coefficient (Wildman–Crippen LogP) is 5.01. The van der Waals surface area contributed by atoms with Crippen molar-refractivity contribution >= 4 is 23.6 Å². The van der Waals surface area contributed by atoms with Crippen molar-refractivity contribution in [3.63, 3.8) is 0 Å². The molecule has 3 heteroatoms. The molecule has 17 heavy (non-hydrogen) atoms. The van der Waals surface area contributed by atoms with Crippen LogP contribution in [0.1, 0.15) is 27.1 Å². The van der Waals surface area contributed by atoms with Crippen LogP contribution in [0.2, 0.25) is 0 Å². The number of nitrogens with one attached hydrogen (secondary N) is 1. The lowest BCUT2D eigenvalue weighted by atomic mass is 9.92. The number of hydrogen-bond acceptors (Lipinski definition) is 2. The molecule has 2 aromatic rings. The van der Waals surface area contributed by atoms with Crippen molar-refractivity contribution in [3.05, 3.63) is 37.2 Å². The molecule has 90 valence electrons. The molecule has 2 rings (SSSR count). The molecule has 1 aromatic carbocycles. The summed E-state index contributed by atoms with van der Waals surface area (Å²) in [6.45, 7) is 10.8. The van der Waals surface area contributed by atoms with Gasteiger partial charge in [-0.25, -0.2) is 0 Å². The summed E-state index contributed by atoms with van der Waals surface area (Å²) in [4.78, 5) is 4.60. The standard InChI is InChI=1S/C14H17NS2/c1-7-6-8(2)10(4)12(9(7)3)13-11(5)17-14(16)15-13/h6H,1-5H3,(H,15,16). The van der Waals surface area contributed by atoms with E-state index in [0.29, 0.717) is 0 Å². The molecule has 0 saturated heterocycles. The maximum Gasteiger partial charge on any atom is 0.159 e. The first-order chi connectivity index (χ1) is 7.91. The number of hydrogen-bond donors (Lipinski definition) is 1. The minimum absolute atomic E-state index is 0.857. The van der Waals surface area contributed by atoms with E-state index in [0.717, 1.165) is 3.95 Å². The Bertz CT molecular complexity index is 606. The molecule has 1 aromatic heterocycles. The van der Waals surface area contributed by atoms with Crippen LogP contribution in [0, 0.1) is 38.6 Å². The van der Waals surface area contributed by atoms with Gasteiger partial charge in [0.2, 0.25) is 0 Å². The summed E-state index contributed by atoms with van der Waals surface area (Å²) in [5.74, 6) is 0. The van der Waals surface area contributed by atoms with E-state index in [2.05, 4.69) is 45.7 Å². The summed E-state index contributed by atoms with van der Waals surface area (Å²) in [6.07, 6.45) is 0. The largest absolute Gasteiger partial charge is 0.337 e. The van der Waals surface area contributed by atoms with Gasteiger partial charge >= 0.3 is 0 Å². The van der Waals surface area contributed by atoms with Crippen molar-refractivity contribution in [1.82, 2.24) is 4.98 Å². The normalized spacial score (nSPS) is 10.9. The lowest BCUT2D eigenvalue weighted by molar-refractivity contribution is 1.22. The van der Waals surface area contributed by atoms with Crippen LogP contribution in [0.4, 0.5) is 0 Å². The molecule has 0 aliphatic rings. The zero-order valence-corrected chi connectivity index (χ0v) is 12.5. The van der Waals surface area contributed by atoms with Crippen molar-refractivity contribution in [3.8, 4) is 11.3 Å². The maximum atomic E-state index is 5.24. The van der Waals surface area contributed by atoms with Crippen LogP contribution in [-0.4, -0.2) is 4.98 Å². The van der Waals surface area contributed by atoms with Crippen LogP contribution in [0.5, 0.6) is 0 Å². The monoisotopic (exact) mass is 263 g/mol. The second-order valence-electron chi connectivity index (χ2n) is 4.58. The molecule has 1 heterocycles. The molecule has 0 radical (unpaired) electrons. The third-order valence-electron chi connectivity index (χ3n) is 3.44. The van der Waals surface area contributed by atoms with Crippen LogP contribution >= 0.6 is 23.6 Å². The number of H-pyrrole nitrogens is 1. The highest BCUT2D eigenvalue weighted by Crippen LogP contribution is 2.34. The lowest BCUT2D eigenvalue weighted by Gasteiger charge is -2.14. The van der Waals surface area contributed by atoms with Crippen LogP contribution in [0.25, 0.3) is 11.3 Å². The summed E-state index contributed by atoms with van der Waals surface area (Å²) in [6, 6.07) is 2.25. The Balaban J connectivity index is 2.84. The van der Waals surface area contributed by atoms with Gasteiger partial charge in [-0.1, -0.05) is 6.07 Å². The average Bonchev–Trinajstić information content (AvgIpc) is 2.56. The molecule has 0 bridgehead atoms. The van der Waals surface area contributed by atoms with E-state index >= 15 is 0 Å². The van der Waals surface area contributed by atoms with Gasteiger partial charge < -0.3 is 4.98 Å². The van der Waals surface area contributed by atoms with E-state index in [1.807, 2.05) is 0 Å². The van der Waals surface area contributed by atoms with Crippen LogP contribution < -0.4 is 0 Å². The van der Waals surface area contributed by atoms with Crippen molar-refractivity contribution in [2.24, 2.45) is 0 Å². The smallest absolute Gasteiger partial charge is 0.159 e. The highest BCUT2D eigenvalue weighted by Gasteiger charge is 2.14. The third-order valence-corrected chi connectivity index (χ3v) is 4.59. The van der Waals surface area contributed by atoms with Crippen molar-refractivity contribution in [2.45, 2.75) is 34.6 Å². The molecule has 0 saturated carbocycles. The summed E-state index contributed by atoms with van der Waals surface area (Å²) in [7, 11) is 0. The van der Waals surface area contributed by atoms with E-state index < -0.39 is 0 Å². The predicted molar refractivity (Wildman–Crippen MR) is 78.6 cm³/mol. The number of benzene rings is 1. The number of rotatable bonds is 1. The van der Waals surface area contributed by atoms with E-state index in [4.69, 9.17) is 12.2 Å². The molecular weight excluding hydrogens is 246 g/mol. The van der Waals surface area contributed by atoms with Gasteiger partial charge in [0.25, 0.3) is 0 Å². The van der Waals surface area contributed by atoms with Gasteiger partial charge in [0, 0.05) is 10.4 Å². The van der Waals surface area contributed by atoms with Crippen LogP contribution in [0.15, 0.2) is 6.07 Å². The van der Waals surface area contributed by atoms with E-state index in [1.165, 1.54) is 38.4 Å². The first kappa shape index (κ1) is 12.5. The number of aryl methyl sites for hydroxylation is 3. The minimum atomic E-state index is 0.857. The summed E-state index contributed by atoms with van der Waals surface area (Å²) >= 11 is 6.89. The molecule has 0 aliphatic carbocycles. The third kappa shape index (κ3) is 2.09. The first-order valence-corrected chi connectivity index (χ1v) is 6.91. The van der Waals surface area contributed by atoms with Crippen LogP contribution in [-0.2, 0) is 0 Å². The number of aromatic amines is 1. The highest BCUT2D eigenvalue weighted by molar-refractivity contribution is 7.73. The number of thiazole rings is 1. The fraction of sp³-hybridized carbons (Fsp3) is 0.357. The Morgan fingerprint density at radius 3 is 1.94 bits per heavy atom. The zero-order chi connectivity index (χ0) is 12.7. The van der Waals surface area contributed by atoms with Gasteiger partial charge in [0.05, 0.1) is 5.69 Å². The highest BCUT2D eigenvalue weighted by atomic mass is 32.1. The topological polar surface area (TPSA) is 15.8 Å². The summed E-state index contributed by atoms with van der Waals surface area (Å²) in [5, 5.41) is 0. The van der Waals surface area contributed by atoms with Gasteiger partial charge in [0.15, 0.2) is 3.95 Å². The van der Waals surface area contributed by atoms with Gasteiger partial charge in [-0.3, -0.25) is 0 Å². The SMILES string of the molecule is Cc1cc(C)c(C)c(-c2[nH]c(=S)sc2C)c1C. The zero-order valence-electron chi connectivity index (χ0n) is 10.9. The molecule has 1 N–H and O–H groups in total. The van der Waals surface area contributed by atoms with E-state index in [-0.39, 0.29) is 0 Å². The van der Waals surface area contributed by atoms with Gasteiger partial charge in [-0.2, -0.15) is 0 Å². The minimum Gasteiger partial charge on any atom is -0.337 e. The van der Waals surface area contributed by atoms with E-state index in [1.54, 1.807) is 11.3 Å². The summed E-state index contributed by atoms with van der Waals surface area (Å²) in [5.41, 5.74) is 7.90. The Labute approximate surface area is 112 Å². The Morgan fingerprint density at radius 1 is 1.00 bits per heavy atom. The van der Waals surface area contributed by atoms with E-state index in [9.17, 15) is 0 Å². The quantitative estimate of drug-likeness (QED) is 0.715. The Morgan fingerprint density at radius 2 is 1.53 bits per heavy atom. The molecule has 0 spiro atoms. The van der Waals surface area contributed by atoms with Crippen molar-refractivity contribution in [1.29, 1.82) is 0 Å². The van der Waals surface area contributed by atoms with Crippen LogP contribution in [0.3, 0.4) is 0 Å². The Kier molecular flexibility index (Phi) is 3.23. The molecule has 1 nitrogen and oxygen atoms in total. The average molecular weight is 263 g/mol. The number of aromatic nitrogens is 1. The van der Waals surface area contributed by atoms with Gasteiger partial charge in [0.1, 0.15) is 0 Å². The fourth-order valence-electron chi connectivity index (χ4n) is 2.24. The second-order valence-corrected chi connectivity index (χ2v) is 6.47. The molecule has 0 atom stereocenters. The molecule has 0 aliphatic heterocycles. The van der Waals surface area contributed by atoms with Gasteiger partial charge in [-0.05, 0) is 69.1 Å². The molecule has 0 fully saturated rings. The van der Waals surface area contributed by atoms with Gasteiger partial charge in [-0.15, -0.1) is 11.3 Å². The second kappa shape index (κ2) is 4.39. The molecule has 0 unspecified atom stereocenters. The lowest BCUT2D eigenvalue weighted by Crippen LogP contribution is -1.96. The van der Waals surface area contributed by atoms with Crippen molar-refractivity contribution < 1.29 is 0 Å². The fourth-order valence-corrected chi connectivity index (χ4v) is 3.40. The van der Waals surface area contributed by atoms with Crippen molar-refractivity contribution in [2.75, 3.05) is 0 Å².